The molecule has 1 aromatic rings. The molecule has 0 saturated carbocycles. The Bertz CT molecular complexity index is 394. The van der Waals surface area contributed by atoms with E-state index in [4.69, 9.17) is 5.73 Å². The number of hydrogen-bond donors (Lipinski definition) is 3. The molecule has 4 heteroatoms. The first kappa shape index (κ1) is 14.5. The fraction of sp³-hybridized carbons (Fsp3) is 0.500. The second-order valence-corrected chi connectivity index (χ2v) is 4.62. The van der Waals surface area contributed by atoms with Crippen molar-refractivity contribution in [2.24, 2.45) is 10.7 Å². The molecule has 18 heavy (non-hydrogen) atoms. The highest BCUT2D eigenvalue weighted by molar-refractivity contribution is 5.92. The first-order valence-electron chi connectivity index (χ1n) is 6.35. The lowest BCUT2D eigenvalue weighted by molar-refractivity contribution is 0.0419. The number of aliphatic imine (C=N–C) groups is 1. The van der Waals surface area contributed by atoms with Gasteiger partial charge in [0, 0.05) is 5.69 Å². The molecule has 100 valence electrons. The van der Waals surface area contributed by atoms with E-state index in [1.54, 1.807) is 0 Å². The molecule has 0 unspecified atom stereocenters. The molecule has 0 aromatic heterocycles. The van der Waals surface area contributed by atoms with Crippen molar-refractivity contribution in [2.75, 3.05) is 11.9 Å². The van der Waals surface area contributed by atoms with Crippen LogP contribution in [0.3, 0.4) is 0 Å². The minimum absolute atomic E-state index is 0.324. The lowest BCUT2D eigenvalue weighted by Crippen LogP contribution is -2.33. The quantitative estimate of drug-likeness (QED) is 0.554. The van der Waals surface area contributed by atoms with Gasteiger partial charge in [-0.25, -0.2) is 0 Å². The fourth-order valence-corrected chi connectivity index (χ4v) is 1.53. The van der Waals surface area contributed by atoms with Gasteiger partial charge < -0.3 is 16.2 Å². The number of nitrogens with two attached hydrogens (primary N) is 1. The van der Waals surface area contributed by atoms with Crippen LogP contribution in [0, 0.1) is 6.92 Å². The van der Waals surface area contributed by atoms with Gasteiger partial charge >= 0.3 is 0 Å². The van der Waals surface area contributed by atoms with E-state index >= 15 is 0 Å². The van der Waals surface area contributed by atoms with E-state index in [1.165, 1.54) is 5.56 Å². The van der Waals surface area contributed by atoms with Crippen molar-refractivity contribution in [3.8, 4) is 0 Å². The van der Waals surface area contributed by atoms with Crippen LogP contribution in [0.5, 0.6) is 0 Å². The lowest BCUT2D eigenvalue weighted by Gasteiger charge is -2.22. The van der Waals surface area contributed by atoms with Gasteiger partial charge in [0.15, 0.2) is 5.96 Å². The Hall–Kier alpha value is -1.55. The highest BCUT2D eigenvalue weighted by Gasteiger charge is 2.21. The molecule has 4 N–H and O–H groups in total. The van der Waals surface area contributed by atoms with E-state index in [-0.39, 0.29) is 0 Å². The Morgan fingerprint density at radius 1 is 1.28 bits per heavy atom. The minimum atomic E-state index is -0.750. The molecule has 4 nitrogen and oxygen atoms in total. The zero-order valence-electron chi connectivity index (χ0n) is 11.4. The predicted molar refractivity (Wildman–Crippen MR) is 76.8 cm³/mol. The van der Waals surface area contributed by atoms with Crippen LogP contribution in [0.1, 0.15) is 32.3 Å². The van der Waals surface area contributed by atoms with E-state index in [9.17, 15) is 5.11 Å². The number of rotatable bonds is 5. The van der Waals surface area contributed by atoms with E-state index in [0.717, 1.165) is 5.69 Å². The topological polar surface area (TPSA) is 70.6 Å². The van der Waals surface area contributed by atoms with Gasteiger partial charge in [-0.2, -0.15) is 0 Å². The molecule has 0 bridgehead atoms. The van der Waals surface area contributed by atoms with Gasteiger partial charge in [0.25, 0.3) is 0 Å². The van der Waals surface area contributed by atoms with E-state index < -0.39 is 5.60 Å². The zero-order valence-corrected chi connectivity index (χ0v) is 11.4. The zero-order chi connectivity index (χ0) is 13.6. The summed E-state index contributed by atoms with van der Waals surface area (Å²) in [6.07, 6.45) is 1.34. The molecule has 0 fully saturated rings. The van der Waals surface area contributed by atoms with Crippen molar-refractivity contribution in [3.63, 3.8) is 0 Å². The van der Waals surface area contributed by atoms with Crippen molar-refractivity contribution in [2.45, 2.75) is 39.2 Å². The normalized spacial score (nSPS) is 12.6. The first-order valence-corrected chi connectivity index (χ1v) is 6.35. The first-order chi connectivity index (χ1) is 8.49. The van der Waals surface area contributed by atoms with Crippen molar-refractivity contribution in [3.05, 3.63) is 29.8 Å². The van der Waals surface area contributed by atoms with Crippen LogP contribution in [0.25, 0.3) is 0 Å². The number of guanidine groups is 1. The highest BCUT2D eigenvalue weighted by Crippen LogP contribution is 2.15. The van der Waals surface area contributed by atoms with Gasteiger partial charge in [-0.1, -0.05) is 31.5 Å². The number of hydrogen-bond acceptors (Lipinski definition) is 2. The number of aliphatic hydroxyl groups is 1. The summed E-state index contributed by atoms with van der Waals surface area (Å²) in [7, 11) is 0. The SMILES string of the molecule is CCC(O)(CC)CN=C(N)Nc1ccc(C)cc1. The Labute approximate surface area is 109 Å². The van der Waals surface area contributed by atoms with E-state index in [2.05, 4.69) is 10.3 Å². The van der Waals surface area contributed by atoms with Gasteiger partial charge in [0.2, 0.25) is 0 Å². The molecule has 1 rings (SSSR count). The van der Waals surface area contributed by atoms with Crippen LogP contribution >= 0.6 is 0 Å². The molecule has 0 aliphatic heterocycles. The van der Waals surface area contributed by atoms with Crippen LogP contribution < -0.4 is 11.1 Å². The summed E-state index contributed by atoms with van der Waals surface area (Å²) in [6, 6.07) is 7.90. The molecule has 1 aromatic carbocycles. The maximum Gasteiger partial charge on any atom is 0.193 e. The predicted octanol–water partition coefficient (Wildman–Crippen LogP) is 2.27. The third-order valence-corrected chi connectivity index (χ3v) is 3.18. The van der Waals surface area contributed by atoms with Crippen LogP contribution in [0.4, 0.5) is 5.69 Å². The van der Waals surface area contributed by atoms with E-state index in [1.807, 2.05) is 45.0 Å². The van der Waals surface area contributed by atoms with E-state index in [0.29, 0.717) is 25.3 Å². The second-order valence-electron chi connectivity index (χ2n) is 4.62. The molecule has 0 saturated heterocycles. The average Bonchev–Trinajstić information content (AvgIpc) is 2.39. The molecule has 0 spiro atoms. The molecule has 0 radical (unpaired) electrons. The summed E-state index contributed by atoms with van der Waals surface area (Å²) >= 11 is 0. The Kier molecular flexibility index (Phi) is 5.16. The maximum atomic E-state index is 10.1. The standard InChI is InChI=1S/C14H23N3O/c1-4-14(18,5-2)10-16-13(15)17-12-8-6-11(3)7-9-12/h6-9,18H,4-5,10H2,1-3H3,(H3,15,16,17). The summed E-state index contributed by atoms with van der Waals surface area (Å²) in [4.78, 5) is 4.19. The minimum Gasteiger partial charge on any atom is -0.388 e. The van der Waals surface area contributed by atoms with Gasteiger partial charge in [0.1, 0.15) is 0 Å². The van der Waals surface area contributed by atoms with Gasteiger partial charge in [-0.15, -0.1) is 0 Å². The number of aryl methyl sites for hydroxylation is 1. The molecule has 0 aliphatic carbocycles. The Morgan fingerprint density at radius 3 is 2.33 bits per heavy atom. The van der Waals surface area contributed by atoms with Crippen molar-refractivity contribution < 1.29 is 5.11 Å². The molecule has 0 amide bonds. The van der Waals surface area contributed by atoms with Crippen molar-refractivity contribution in [1.29, 1.82) is 0 Å². The Balaban J connectivity index is 2.59. The largest absolute Gasteiger partial charge is 0.388 e. The molecule has 0 aliphatic rings. The monoisotopic (exact) mass is 249 g/mol. The summed E-state index contributed by atoms with van der Waals surface area (Å²) in [6.45, 7) is 6.25. The third kappa shape index (κ3) is 4.37. The molecule has 0 atom stereocenters. The number of benzene rings is 1. The summed E-state index contributed by atoms with van der Waals surface area (Å²) in [5, 5.41) is 13.1. The molecular formula is C14H23N3O. The fourth-order valence-electron chi connectivity index (χ4n) is 1.53. The number of nitrogens with one attached hydrogen (secondary N) is 1. The maximum absolute atomic E-state index is 10.1. The second kappa shape index (κ2) is 6.40. The number of anilines is 1. The highest BCUT2D eigenvalue weighted by atomic mass is 16.3. The summed E-state index contributed by atoms with van der Waals surface area (Å²) in [5.41, 5.74) is 7.14. The third-order valence-electron chi connectivity index (χ3n) is 3.18. The summed E-state index contributed by atoms with van der Waals surface area (Å²) in [5.74, 6) is 0.333. The average molecular weight is 249 g/mol. The van der Waals surface area contributed by atoms with Gasteiger partial charge in [0.05, 0.1) is 12.1 Å². The van der Waals surface area contributed by atoms with Crippen LogP contribution in [-0.4, -0.2) is 23.2 Å². The number of nitrogens with zero attached hydrogens (tertiary/aromatic N) is 1. The molecule has 0 heterocycles. The van der Waals surface area contributed by atoms with Crippen molar-refractivity contribution >= 4 is 11.6 Å². The van der Waals surface area contributed by atoms with Gasteiger partial charge in [-0.05, 0) is 31.9 Å². The van der Waals surface area contributed by atoms with Gasteiger partial charge in [-0.3, -0.25) is 4.99 Å². The smallest absolute Gasteiger partial charge is 0.193 e. The summed E-state index contributed by atoms with van der Waals surface area (Å²) < 4.78 is 0. The lowest BCUT2D eigenvalue weighted by atomic mass is 9.98. The van der Waals surface area contributed by atoms with Crippen molar-refractivity contribution in [1.82, 2.24) is 0 Å². The van der Waals surface area contributed by atoms with Crippen LogP contribution in [0.2, 0.25) is 0 Å². The van der Waals surface area contributed by atoms with Crippen LogP contribution in [-0.2, 0) is 0 Å². The van der Waals surface area contributed by atoms with Crippen LogP contribution in [0.15, 0.2) is 29.3 Å². The Morgan fingerprint density at radius 2 is 1.83 bits per heavy atom. The molecular weight excluding hydrogens is 226 g/mol.